The predicted octanol–water partition coefficient (Wildman–Crippen LogP) is 3.65. The van der Waals surface area contributed by atoms with Gasteiger partial charge in [0.1, 0.15) is 34.8 Å². The lowest BCUT2D eigenvalue weighted by Crippen LogP contribution is -2.44. The fourth-order valence-electron chi connectivity index (χ4n) is 5.42. The van der Waals surface area contributed by atoms with E-state index in [0.29, 0.717) is 22.1 Å². The van der Waals surface area contributed by atoms with Crippen molar-refractivity contribution in [1.29, 1.82) is 0 Å². The van der Waals surface area contributed by atoms with E-state index in [0.717, 1.165) is 33.5 Å². The fourth-order valence-corrected chi connectivity index (χ4v) is 5.71. The molecule has 1 aromatic carbocycles. The van der Waals surface area contributed by atoms with E-state index in [9.17, 15) is 9.90 Å². The van der Waals surface area contributed by atoms with Gasteiger partial charge in [0.2, 0.25) is 0 Å². The van der Waals surface area contributed by atoms with Crippen molar-refractivity contribution in [1.82, 2.24) is 24.5 Å². The van der Waals surface area contributed by atoms with Crippen LogP contribution in [0, 0.1) is 6.92 Å². The molecule has 0 radical (unpaired) electrons. The highest BCUT2D eigenvalue weighted by Crippen LogP contribution is 2.41. The number of fused-ring (bicyclic) bond motifs is 2. The first-order chi connectivity index (χ1) is 18.2. The number of aromatic nitrogens is 4. The highest BCUT2D eigenvalue weighted by molar-refractivity contribution is 6.32. The third-order valence-electron chi connectivity index (χ3n) is 7.24. The average Bonchev–Trinajstić information content (AvgIpc) is 3.64. The molecular weight excluding hydrogens is 506 g/mol. The molecular formula is C28H28ClN5O4. The second kappa shape index (κ2) is 9.36. The number of hydrogen-bond donors (Lipinski definition) is 2. The smallest absolute Gasteiger partial charge is 0.251 e. The van der Waals surface area contributed by atoms with Crippen LogP contribution >= 0.6 is 11.6 Å². The van der Waals surface area contributed by atoms with Crippen LogP contribution in [0.25, 0.3) is 33.6 Å². The molecule has 1 amide bonds. The lowest BCUT2D eigenvalue weighted by atomic mass is 9.90. The minimum atomic E-state index is -0.674. The zero-order chi connectivity index (χ0) is 26.7. The summed E-state index contributed by atoms with van der Waals surface area (Å²) in [5, 5.41) is 17.9. The molecule has 2 N–H and O–H groups in total. The van der Waals surface area contributed by atoms with E-state index in [1.807, 2.05) is 45.3 Å². The first-order valence-corrected chi connectivity index (χ1v) is 12.8. The topological polar surface area (TPSA) is 103 Å². The first kappa shape index (κ1) is 24.8. The summed E-state index contributed by atoms with van der Waals surface area (Å²) in [6.07, 6.45) is 2.28. The number of aryl methyl sites for hydroxylation is 2. The summed E-state index contributed by atoms with van der Waals surface area (Å²) in [7, 11) is 1.89. The predicted molar refractivity (Wildman–Crippen MR) is 144 cm³/mol. The van der Waals surface area contributed by atoms with Gasteiger partial charge in [0.25, 0.3) is 5.91 Å². The molecule has 0 unspecified atom stereocenters. The van der Waals surface area contributed by atoms with Crippen LogP contribution in [-0.2, 0) is 16.5 Å². The Labute approximate surface area is 224 Å². The van der Waals surface area contributed by atoms with Crippen molar-refractivity contribution in [3.8, 4) is 22.4 Å². The highest BCUT2D eigenvalue weighted by atomic mass is 35.5. The van der Waals surface area contributed by atoms with E-state index in [-0.39, 0.29) is 31.3 Å². The standard InChI is InChI=1S/C28H28ClN5O4/c1-14(2)17-6-5-7-18(23(17)19-11-33(4)32-15(19)3)24-27(29)34-9-8-16(10-22(34)31-24)28(36)30-20-12-37-26-21(35)13-38-25(20)26/h5-11,20-21,25-26,35H,1,12-13H2,2-4H3,(H,30,36)/t20-,21-,25-,26-/m1/s1. The Morgan fingerprint density at radius 3 is 2.74 bits per heavy atom. The SMILES string of the molecule is C=C(C)c1cccc(-c2nc3cc(C(=O)N[C@@H]4CO[C@H]5[C@@H]4OC[C@H]5O)ccn3c2Cl)c1-c1cn(C)nc1C. The lowest BCUT2D eigenvalue weighted by molar-refractivity contribution is 0.0178. The molecule has 38 heavy (non-hydrogen) atoms. The molecule has 2 aliphatic heterocycles. The number of rotatable bonds is 5. The molecule has 0 bridgehead atoms. The van der Waals surface area contributed by atoms with Gasteiger partial charge in [-0.15, -0.1) is 0 Å². The molecule has 196 valence electrons. The van der Waals surface area contributed by atoms with Crippen molar-refractivity contribution < 1.29 is 19.4 Å². The minimum Gasteiger partial charge on any atom is -0.388 e. The number of allylic oxidation sites excluding steroid dienone is 1. The van der Waals surface area contributed by atoms with Crippen LogP contribution in [0.15, 0.2) is 49.3 Å². The van der Waals surface area contributed by atoms with Crippen LogP contribution in [0.3, 0.4) is 0 Å². The van der Waals surface area contributed by atoms with Gasteiger partial charge in [0.05, 0.1) is 24.9 Å². The Kier molecular flexibility index (Phi) is 6.11. The Balaban J connectivity index is 1.38. The molecule has 0 saturated carbocycles. The molecule has 2 aliphatic rings. The zero-order valence-electron chi connectivity index (χ0n) is 21.3. The Bertz CT molecular complexity index is 1590. The van der Waals surface area contributed by atoms with Crippen molar-refractivity contribution >= 4 is 28.7 Å². The monoisotopic (exact) mass is 533 g/mol. The Hall–Kier alpha value is -3.50. The maximum Gasteiger partial charge on any atom is 0.251 e. The molecule has 0 spiro atoms. The number of carbonyl (C=O) groups is 1. The number of carbonyl (C=O) groups excluding carboxylic acids is 1. The average molecular weight is 534 g/mol. The number of ether oxygens (including phenoxy) is 2. The molecule has 6 rings (SSSR count). The van der Waals surface area contributed by atoms with E-state index in [2.05, 4.69) is 17.0 Å². The number of pyridine rings is 1. The van der Waals surface area contributed by atoms with Gasteiger partial charge in [0, 0.05) is 41.7 Å². The normalized spacial score (nSPS) is 22.7. The second-order valence-electron chi connectivity index (χ2n) is 9.95. The van der Waals surface area contributed by atoms with Crippen LogP contribution in [0.5, 0.6) is 0 Å². The molecule has 9 nitrogen and oxygen atoms in total. The quantitative estimate of drug-likeness (QED) is 0.406. The van der Waals surface area contributed by atoms with Crippen molar-refractivity contribution in [2.45, 2.75) is 38.2 Å². The molecule has 2 saturated heterocycles. The van der Waals surface area contributed by atoms with Crippen molar-refractivity contribution in [3.63, 3.8) is 0 Å². The summed E-state index contributed by atoms with van der Waals surface area (Å²) in [5.41, 5.74) is 7.17. The molecule has 4 aromatic rings. The molecule has 3 aromatic heterocycles. The minimum absolute atomic E-state index is 0.205. The third kappa shape index (κ3) is 4.03. The number of aliphatic hydroxyl groups is 1. The fraction of sp³-hybridized carbons (Fsp3) is 0.321. The number of halogens is 1. The number of hydrogen-bond acceptors (Lipinski definition) is 6. The second-order valence-corrected chi connectivity index (χ2v) is 10.3. The number of aliphatic hydroxyl groups excluding tert-OH is 1. The van der Waals surface area contributed by atoms with Gasteiger partial charge in [-0.25, -0.2) is 4.98 Å². The molecule has 2 fully saturated rings. The molecule has 10 heteroatoms. The summed E-state index contributed by atoms with van der Waals surface area (Å²) >= 11 is 6.87. The van der Waals surface area contributed by atoms with Crippen LogP contribution < -0.4 is 5.32 Å². The maximum absolute atomic E-state index is 13.1. The number of imidazole rings is 1. The lowest BCUT2D eigenvalue weighted by Gasteiger charge is -2.17. The van der Waals surface area contributed by atoms with Crippen LogP contribution in [-0.4, -0.2) is 67.7 Å². The summed E-state index contributed by atoms with van der Waals surface area (Å²) in [5.74, 6) is -0.275. The summed E-state index contributed by atoms with van der Waals surface area (Å²) in [4.78, 5) is 18.0. The maximum atomic E-state index is 13.1. The summed E-state index contributed by atoms with van der Waals surface area (Å²) < 4.78 is 14.8. The third-order valence-corrected chi connectivity index (χ3v) is 7.60. The van der Waals surface area contributed by atoms with E-state index >= 15 is 0 Å². The van der Waals surface area contributed by atoms with Gasteiger partial charge in [-0.2, -0.15) is 5.10 Å². The number of amides is 1. The van der Waals surface area contributed by atoms with Gasteiger partial charge in [-0.3, -0.25) is 13.9 Å². The van der Waals surface area contributed by atoms with Gasteiger partial charge >= 0.3 is 0 Å². The van der Waals surface area contributed by atoms with E-state index in [1.54, 1.807) is 27.4 Å². The van der Waals surface area contributed by atoms with Crippen molar-refractivity contribution in [2.24, 2.45) is 7.05 Å². The largest absolute Gasteiger partial charge is 0.388 e. The Morgan fingerprint density at radius 1 is 1.21 bits per heavy atom. The van der Waals surface area contributed by atoms with Crippen LogP contribution in [0.2, 0.25) is 5.15 Å². The molecule has 4 atom stereocenters. The van der Waals surface area contributed by atoms with Crippen molar-refractivity contribution in [3.05, 3.63) is 71.3 Å². The van der Waals surface area contributed by atoms with E-state index < -0.39 is 12.2 Å². The first-order valence-electron chi connectivity index (χ1n) is 12.4. The summed E-state index contributed by atoms with van der Waals surface area (Å²) in [6.45, 7) is 8.62. The molecule has 0 aliphatic carbocycles. The summed E-state index contributed by atoms with van der Waals surface area (Å²) in [6, 6.07) is 9.06. The van der Waals surface area contributed by atoms with Gasteiger partial charge < -0.3 is 19.9 Å². The molecule has 5 heterocycles. The number of benzene rings is 1. The van der Waals surface area contributed by atoms with Gasteiger partial charge in [-0.05, 0) is 31.5 Å². The number of nitrogens with zero attached hydrogens (tertiary/aromatic N) is 4. The Morgan fingerprint density at radius 2 is 2.00 bits per heavy atom. The van der Waals surface area contributed by atoms with Gasteiger partial charge in [-0.1, -0.05) is 42.0 Å². The van der Waals surface area contributed by atoms with E-state index in [1.165, 1.54) is 0 Å². The number of nitrogens with one attached hydrogen (secondary N) is 1. The highest BCUT2D eigenvalue weighted by Gasteiger charge is 2.47. The van der Waals surface area contributed by atoms with Crippen LogP contribution in [0.1, 0.15) is 28.5 Å². The van der Waals surface area contributed by atoms with Crippen molar-refractivity contribution in [2.75, 3.05) is 13.2 Å². The van der Waals surface area contributed by atoms with E-state index in [4.69, 9.17) is 26.1 Å². The van der Waals surface area contributed by atoms with Gasteiger partial charge in [0.15, 0.2) is 0 Å². The van der Waals surface area contributed by atoms with Crippen LogP contribution in [0.4, 0.5) is 0 Å². The zero-order valence-corrected chi connectivity index (χ0v) is 22.1.